The summed E-state index contributed by atoms with van der Waals surface area (Å²) in [5.74, 6) is 0.515. The molecule has 5 rings (SSSR count). The van der Waals surface area contributed by atoms with Crippen molar-refractivity contribution in [2.24, 2.45) is 0 Å². The number of aromatic nitrogens is 1. The zero-order valence-corrected chi connectivity index (χ0v) is 16.5. The number of ether oxygens (including phenoxy) is 1. The molecule has 7 nitrogen and oxygen atoms in total. The maximum Gasteiger partial charge on any atom is 0.277 e. The zero-order chi connectivity index (χ0) is 20.7. The van der Waals surface area contributed by atoms with E-state index in [0.29, 0.717) is 22.9 Å². The van der Waals surface area contributed by atoms with Gasteiger partial charge in [0, 0.05) is 17.3 Å². The monoisotopic (exact) mass is 403 g/mol. The number of carbonyl (C=O) groups excluding carboxylic acids is 2. The van der Waals surface area contributed by atoms with Crippen LogP contribution in [-0.2, 0) is 17.6 Å². The van der Waals surface area contributed by atoms with Crippen LogP contribution in [0.4, 0.5) is 11.4 Å². The molecular formula is C23H21N3O4. The van der Waals surface area contributed by atoms with Gasteiger partial charge in [-0.25, -0.2) is 0 Å². The molecule has 2 amide bonds. The van der Waals surface area contributed by atoms with Crippen molar-refractivity contribution in [2.75, 3.05) is 10.6 Å². The normalized spacial score (nSPS) is 17.4. The van der Waals surface area contributed by atoms with Gasteiger partial charge in [-0.1, -0.05) is 17.3 Å². The molecule has 0 saturated heterocycles. The minimum absolute atomic E-state index is 0.189. The van der Waals surface area contributed by atoms with Crippen LogP contribution in [0.1, 0.15) is 41.4 Å². The van der Waals surface area contributed by atoms with E-state index < -0.39 is 6.10 Å². The van der Waals surface area contributed by atoms with E-state index >= 15 is 0 Å². The number of rotatable bonds is 3. The minimum atomic E-state index is -0.546. The zero-order valence-electron chi connectivity index (χ0n) is 16.5. The number of anilines is 2. The van der Waals surface area contributed by atoms with Crippen LogP contribution in [-0.4, -0.2) is 23.1 Å². The molecule has 3 aromatic rings. The van der Waals surface area contributed by atoms with Gasteiger partial charge in [-0.3, -0.25) is 9.59 Å². The van der Waals surface area contributed by atoms with Gasteiger partial charge in [0.05, 0.1) is 5.69 Å². The molecule has 0 spiro atoms. The average Bonchev–Trinajstić information content (AvgIpc) is 3.25. The summed E-state index contributed by atoms with van der Waals surface area (Å²) in [4.78, 5) is 24.4. The highest BCUT2D eigenvalue weighted by Gasteiger charge is 2.24. The second-order valence-corrected chi connectivity index (χ2v) is 7.68. The predicted molar refractivity (Wildman–Crippen MR) is 112 cm³/mol. The smallest absolute Gasteiger partial charge is 0.277 e. The van der Waals surface area contributed by atoms with E-state index in [4.69, 9.17) is 9.26 Å². The van der Waals surface area contributed by atoms with Crippen molar-refractivity contribution in [1.29, 1.82) is 0 Å². The Morgan fingerprint density at radius 1 is 1.10 bits per heavy atom. The van der Waals surface area contributed by atoms with Gasteiger partial charge in [-0.15, -0.1) is 0 Å². The first kappa shape index (κ1) is 18.4. The third-order valence-corrected chi connectivity index (χ3v) is 5.54. The van der Waals surface area contributed by atoms with Crippen LogP contribution in [0.2, 0.25) is 0 Å². The van der Waals surface area contributed by atoms with Crippen molar-refractivity contribution in [3.63, 3.8) is 0 Å². The third kappa shape index (κ3) is 3.43. The second kappa shape index (κ2) is 7.33. The predicted octanol–water partition coefficient (Wildman–Crippen LogP) is 4.19. The first-order chi connectivity index (χ1) is 14.6. The molecule has 0 bridgehead atoms. The van der Waals surface area contributed by atoms with E-state index in [1.165, 1.54) is 24.0 Å². The van der Waals surface area contributed by atoms with E-state index in [-0.39, 0.29) is 17.5 Å². The number of benzene rings is 2. The number of aryl methyl sites for hydroxylation is 2. The van der Waals surface area contributed by atoms with E-state index in [1.54, 1.807) is 31.2 Å². The number of hydrogen-bond acceptors (Lipinski definition) is 5. The molecule has 2 aromatic carbocycles. The molecule has 0 fully saturated rings. The lowest BCUT2D eigenvalue weighted by atomic mass is 9.90. The van der Waals surface area contributed by atoms with E-state index in [1.807, 2.05) is 6.07 Å². The van der Waals surface area contributed by atoms with Gasteiger partial charge in [0.25, 0.3) is 11.8 Å². The van der Waals surface area contributed by atoms with Gasteiger partial charge in [0.2, 0.25) is 0 Å². The molecule has 7 heteroatoms. The quantitative estimate of drug-likeness (QED) is 0.684. The molecule has 0 saturated carbocycles. The van der Waals surface area contributed by atoms with Crippen LogP contribution < -0.4 is 15.4 Å². The van der Waals surface area contributed by atoms with Crippen molar-refractivity contribution in [1.82, 2.24) is 5.16 Å². The molecule has 152 valence electrons. The summed E-state index contributed by atoms with van der Waals surface area (Å²) in [5.41, 5.74) is 4.88. The summed E-state index contributed by atoms with van der Waals surface area (Å²) in [7, 11) is 0. The van der Waals surface area contributed by atoms with E-state index in [9.17, 15) is 9.59 Å². The van der Waals surface area contributed by atoms with Crippen molar-refractivity contribution in [3.05, 3.63) is 59.3 Å². The molecule has 30 heavy (non-hydrogen) atoms. The lowest BCUT2D eigenvalue weighted by Gasteiger charge is -2.23. The molecule has 0 unspecified atom stereocenters. The standard InChI is InChI=1S/C23H21N3O4/c1-13-22(27)25-18-11-17(8-9-20(18)29-13)24-23(28)19-12-21(30-26-19)16-7-6-14-4-2-3-5-15(14)10-16/h6-13H,2-5H2,1H3,(H,24,28)(H,25,27)/t13-/m1/s1. The summed E-state index contributed by atoms with van der Waals surface area (Å²) in [5, 5.41) is 9.47. The van der Waals surface area contributed by atoms with Crippen LogP contribution in [0.3, 0.4) is 0 Å². The van der Waals surface area contributed by atoms with Crippen LogP contribution in [0.5, 0.6) is 5.75 Å². The highest BCUT2D eigenvalue weighted by Crippen LogP contribution is 2.32. The summed E-state index contributed by atoms with van der Waals surface area (Å²) in [6, 6.07) is 13.0. The minimum Gasteiger partial charge on any atom is -0.479 e. The van der Waals surface area contributed by atoms with Crippen molar-refractivity contribution >= 4 is 23.2 Å². The van der Waals surface area contributed by atoms with Gasteiger partial charge in [0.15, 0.2) is 17.6 Å². The Morgan fingerprint density at radius 2 is 1.93 bits per heavy atom. The first-order valence-corrected chi connectivity index (χ1v) is 10.1. The summed E-state index contributed by atoms with van der Waals surface area (Å²) < 4.78 is 11.0. The van der Waals surface area contributed by atoms with Gasteiger partial charge >= 0.3 is 0 Å². The van der Waals surface area contributed by atoms with Gasteiger partial charge in [0.1, 0.15) is 5.75 Å². The summed E-state index contributed by atoms with van der Waals surface area (Å²) in [6.45, 7) is 1.68. The Hall–Kier alpha value is -3.61. The Kier molecular flexibility index (Phi) is 4.50. The summed E-state index contributed by atoms with van der Waals surface area (Å²) >= 11 is 0. The topological polar surface area (TPSA) is 93.5 Å². The lowest BCUT2D eigenvalue weighted by molar-refractivity contribution is -0.122. The van der Waals surface area contributed by atoms with Crippen molar-refractivity contribution in [2.45, 2.75) is 38.7 Å². The van der Waals surface area contributed by atoms with Gasteiger partial charge < -0.3 is 19.9 Å². The average molecular weight is 403 g/mol. The summed E-state index contributed by atoms with van der Waals surface area (Å²) in [6.07, 6.45) is 4.07. The number of nitrogens with one attached hydrogen (secondary N) is 2. The number of amides is 2. The Labute approximate surface area is 173 Å². The number of hydrogen-bond donors (Lipinski definition) is 2. The molecule has 2 aliphatic rings. The number of fused-ring (bicyclic) bond motifs is 2. The molecule has 1 aliphatic heterocycles. The molecule has 2 heterocycles. The van der Waals surface area contributed by atoms with Gasteiger partial charge in [-0.05, 0) is 68.0 Å². The highest BCUT2D eigenvalue weighted by molar-refractivity contribution is 6.04. The Balaban J connectivity index is 1.33. The largest absolute Gasteiger partial charge is 0.479 e. The molecule has 0 radical (unpaired) electrons. The van der Waals surface area contributed by atoms with Gasteiger partial charge in [-0.2, -0.15) is 0 Å². The lowest BCUT2D eigenvalue weighted by Crippen LogP contribution is -2.34. The van der Waals surface area contributed by atoms with E-state index in [0.717, 1.165) is 18.4 Å². The Morgan fingerprint density at radius 3 is 2.80 bits per heavy atom. The molecular weight excluding hydrogens is 382 g/mol. The third-order valence-electron chi connectivity index (χ3n) is 5.54. The van der Waals surface area contributed by atoms with Crippen molar-refractivity contribution in [3.8, 4) is 17.1 Å². The maximum absolute atomic E-state index is 12.6. The number of carbonyl (C=O) groups is 2. The maximum atomic E-state index is 12.6. The molecule has 2 N–H and O–H groups in total. The van der Waals surface area contributed by atoms with Crippen LogP contribution in [0.15, 0.2) is 47.0 Å². The number of nitrogens with zero attached hydrogens (tertiary/aromatic N) is 1. The fourth-order valence-electron chi connectivity index (χ4n) is 3.89. The molecule has 1 aromatic heterocycles. The van der Waals surface area contributed by atoms with Crippen LogP contribution in [0.25, 0.3) is 11.3 Å². The van der Waals surface area contributed by atoms with Crippen LogP contribution >= 0.6 is 0 Å². The molecule has 1 aliphatic carbocycles. The molecule has 1 atom stereocenters. The van der Waals surface area contributed by atoms with Crippen LogP contribution in [0, 0.1) is 0 Å². The SMILES string of the molecule is C[C@H]1Oc2ccc(NC(=O)c3cc(-c4ccc5c(c4)CCCC5)on3)cc2NC1=O. The Bertz CT molecular complexity index is 1150. The second-order valence-electron chi connectivity index (χ2n) is 7.68. The van der Waals surface area contributed by atoms with Crippen molar-refractivity contribution < 1.29 is 18.8 Å². The fraction of sp³-hybridized carbons (Fsp3) is 0.261. The fourth-order valence-corrected chi connectivity index (χ4v) is 3.89. The highest BCUT2D eigenvalue weighted by atomic mass is 16.5. The first-order valence-electron chi connectivity index (χ1n) is 10.1. The van der Waals surface area contributed by atoms with E-state index in [2.05, 4.69) is 27.9 Å².